The first kappa shape index (κ1) is 30.3. The first-order valence-electron chi connectivity index (χ1n) is 18.9. The molecule has 1 spiro atoms. The average molecular weight is 698 g/mol. The molecule has 7 aromatic carbocycles. The van der Waals surface area contributed by atoms with Crippen molar-refractivity contribution in [1.29, 1.82) is 0 Å². The van der Waals surface area contributed by atoms with Crippen LogP contribution in [0.2, 0.25) is 0 Å². The van der Waals surface area contributed by atoms with Gasteiger partial charge in [-0.2, -0.15) is 0 Å². The number of rotatable bonds is 3. The van der Waals surface area contributed by atoms with Crippen molar-refractivity contribution in [3.05, 3.63) is 210 Å². The molecular weight excluding hydrogens is 667 g/mol. The van der Waals surface area contributed by atoms with Gasteiger partial charge in [0.1, 0.15) is 0 Å². The molecule has 0 fully saturated rings. The molecular formula is C52H31N3. The van der Waals surface area contributed by atoms with Crippen LogP contribution in [-0.2, 0) is 5.41 Å². The summed E-state index contributed by atoms with van der Waals surface area (Å²) in [5.74, 6) is 0. The zero-order valence-corrected chi connectivity index (χ0v) is 29.7. The van der Waals surface area contributed by atoms with Crippen molar-refractivity contribution in [2.45, 2.75) is 5.41 Å². The van der Waals surface area contributed by atoms with Gasteiger partial charge in [-0.05, 0) is 62.7 Å². The van der Waals surface area contributed by atoms with E-state index in [1.807, 2.05) is 24.4 Å². The maximum atomic E-state index is 5.46. The Morgan fingerprint density at radius 2 is 1.00 bits per heavy atom. The van der Waals surface area contributed by atoms with Gasteiger partial charge in [-0.3, -0.25) is 4.98 Å². The summed E-state index contributed by atoms with van der Waals surface area (Å²) in [6.45, 7) is 0. The fraction of sp³-hybridized carbons (Fsp3) is 0.0192. The molecule has 2 aliphatic carbocycles. The van der Waals surface area contributed by atoms with Crippen LogP contribution in [0.25, 0.3) is 88.6 Å². The van der Waals surface area contributed by atoms with E-state index in [-0.39, 0.29) is 0 Å². The van der Waals surface area contributed by atoms with Crippen LogP contribution in [0.5, 0.6) is 0 Å². The highest BCUT2D eigenvalue weighted by Crippen LogP contribution is 2.65. The molecule has 0 amide bonds. The van der Waals surface area contributed by atoms with E-state index in [4.69, 9.17) is 15.0 Å². The molecule has 0 saturated carbocycles. The molecule has 2 aliphatic rings. The third-order valence-corrected chi connectivity index (χ3v) is 11.9. The molecule has 55 heavy (non-hydrogen) atoms. The quantitative estimate of drug-likeness (QED) is 0.173. The van der Waals surface area contributed by atoms with Gasteiger partial charge in [0.05, 0.1) is 33.4 Å². The van der Waals surface area contributed by atoms with Crippen molar-refractivity contribution in [2.75, 3.05) is 0 Å². The summed E-state index contributed by atoms with van der Waals surface area (Å²) in [4.78, 5) is 15.5. The van der Waals surface area contributed by atoms with Gasteiger partial charge < -0.3 is 0 Å². The molecule has 0 aliphatic heterocycles. The van der Waals surface area contributed by atoms with Crippen LogP contribution < -0.4 is 0 Å². The van der Waals surface area contributed by atoms with E-state index >= 15 is 0 Å². The summed E-state index contributed by atoms with van der Waals surface area (Å²) in [6, 6.07) is 65.6. The van der Waals surface area contributed by atoms with Gasteiger partial charge >= 0.3 is 0 Å². The third-order valence-electron chi connectivity index (χ3n) is 11.9. The Bertz CT molecular complexity index is 3150. The van der Waals surface area contributed by atoms with Gasteiger partial charge in [-0.25, -0.2) is 9.97 Å². The van der Waals surface area contributed by atoms with Crippen LogP contribution in [-0.4, -0.2) is 15.0 Å². The summed E-state index contributed by atoms with van der Waals surface area (Å²) < 4.78 is 0. The lowest BCUT2D eigenvalue weighted by Gasteiger charge is -2.31. The van der Waals surface area contributed by atoms with Crippen LogP contribution in [0.3, 0.4) is 0 Å². The van der Waals surface area contributed by atoms with E-state index in [2.05, 4.69) is 164 Å². The van der Waals surface area contributed by atoms with E-state index in [0.29, 0.717) is 0 Å². The predicted molar refractivity (Wildman–Crippen MR) is 225 cm³/mol. The fourth-order valence-corrected chi connectivity index (χ4v) is 9.56. The summed E-state index contributed by atoms with van der Waals surface area (Å²) >= 11 is 0. The molecule has 3 heterocycles. The van der Waals surface area contributed by atoms with E-state index in [9.17, 15) is 0 Å². The number of hydrogen-bond acceptors (Lipinski definition) is 3. The second-order valence-electron chi connectivity index (χ2n) is 14.7. The molecule has 10 aromatic rings. The molecule has 0 bridgehead atoms. The molecule has 3 nitrogen and oxygen atoms in total. The van der Waals surface area contributed by atoms with Gasteiger partial charge in [0.25, 0.3) is 0 Å². The molecule has 0 atom stereocenters. The highest BCUT2D eigenvalue weighted by atomic mass is 14.8. The first-order chi connectivity index (χ1) is 27.3. The van der Waals surface area contributed by atoms with Crippen molar-refractivity contribution in [3.8, 4) is 55.9 Å². The van der Waals surface area contributed by atoms with Gasteiger partial charge in [-0.15, -0.1) is 0 Å². The monoisotopic (exact) mass is 697 g/mol. The van der Waals surface area contributed by atoms with E-state index in [0.717, 1.165) is 61.0 Å². The lowest BCUT2D eigenvalue weighted by atomic mass is 9.69. The molecule has 0 saturated heterocycles. The van der Waals surface area contributed by atoms with Crippen molar-refractivity contribution < 1.29 is 0 Å². The Labute approximate surface area is 318 Å². The van der Waals surface area contributed by atoms with Crippen molar-refractivity contribution in [2.24, 2.45) is 0 Å². The second-order valence-corrected chi connectivity index (χ2v) is 14.7. The summed E-state index contributed by atoms with van der Waals surface area (Å²) in [7, 11) is 0. The number of benzene rings is 7. The summed E-state index contributed by atoms with van der Waals surface area (Å²) in [6.07, 6.45) is 1.98. The number of aromatic nitrogens is 3. The second kappa shape index (κ2) is 11.4. The Kier molecular flexibility index (Phi) is 6.26. The minimum atomic E-state index is -0.450. The van der Waals surface area contributed by atoms with Gasteiger partial charge in [0, 0.05) is 44.6 Å². The molecule has 3 heteroatoms. The number of fused-ring (bicyclic) bond motifs is 15. The number of nitrogens with zero attached hydrogens (tertiary/aromatic N) is 3. The van der Waals surface area contributed by atoms with Crippen molar-refractivity contribution >= 4 is 32.7 Å². The van der Waals surface area contributed by atoms with Crippen LogP contribution >= 0.6 is 0 Å². The van der Waals surface area contributed by atoms with Crippen molar-refractivity contribution in [1.82, 2.24) is 15.0 Å². The minimum Gasteiger partial charge on any atom is -0.253 e. The lowest BCUT2D eigenvalue weighted by Crippen LogP contribution is -2.26. The summed E-state index contributed by atoms with van der Waals surface area (Å²) in [5, 5.41) is 3.35. The highest BCUT2D eigenvalue weighted by molar-refractivity contribution is 6.07. The maximum absolute atomic E-state index is 5.46. The fourth-order valence-electron chi connectivity index (χ4n) is 9.56. The Morgan fingerprint density at radius 3 is 1.76 bits per heavy atom. The largest absolute Gasteiger partial charge is 0.253 e. The topological polar surface area (TPSA) is 38.7 Å². The Balaban J connectivity index is 1.03. The average Bonchev–Trinajstić information content (AvgIpc) is 3.74. The van der Waals surface area contributed by atoms with Gasteiger partial charge in [0.2, 0.25) is 0 Å². The van der Waals surface area contributed by atoms with Crippen molar-refractivity contribution in [3.63, 3.8) is 0 Å². The molecule has 12 rings (SSSR count). The van der Waals surface area contributed by atoms with Crippen LogP contribution in [0.4, 0.5) is 0 Å². The molecule has 3 aromatic heterocycles. The van der Waals surface area contributed by atoms with E-state index in [1.165, 1.54) is 49.9 Å². The molecule has 0 radical (unpaired) electrons. The van der Waals surface area contributed by atoms with Crippen LogP contribution in [0.1, 0.15) is 22.3 Å². The molecule has 254 valence electrons. The Hall–Kier alpha value is -7.23. The minimum absolute atomic E-state index is 0.450. The maximum Gasteiger partial charge on any atom is 0.0972 e. The highest BCUT2D eigenvalue weighted by Gasteiger charge is 2.53. The smallest absolute Gasteiger partial charge is 0.0972 e. The molecule has 0 unspecified atom stereocenters. The number of pyridine rings is 3. The molecule has 0 N–H and O–H groups in total. The van der Waals surface area contributed by atoms with Gasteiger partial charge in [0.15, 0.2) is 0 Å². The zero-order valence-electron chi connectivity index (χ0n) is 29.7. The third kappa shape index (κ3) is 4.18. The van der Waals surface area contributed by atoms with Gasteiger partial charge in [-0.1, -0.05) is 164 Å². The lowest BCUT2D eigenvalue weighted by molar-refractivity contribution is 0.801. The number of hydrogen-bond donors (Lipinski definition) is 0. The zero-order chi connectivity index (χ0) is 36.1. The number of para-hydroxylation sites is 1. The Morgan fingerprint density at radius 1 is 0.400 bits per heavy atom. The SMILES string of the molecule is c1ccc(-c2ccc3ccc4cc(-c5ccc(-c6nc7ccccc7c7c6-c6ccccc6C76c7ccccc7-c7ccccc76)cc5)cnc4c3n2)cc1. The van der Waals surface area contributed by atoms with E-state index < -0.39 is 5.41 Å². The van der Waals surface area contributed by atoms with Crippen LogP contribution in [0.15, 0.2) is 188 Å². The standard InChI is InChI=1S/C52H31N3/c1-2-12-33(13-3-1)45-29-28-35-26-27-36-30-37(31-53-50(36)51(35)54-45)32-22-24-34(25-23-32)49-47-40-16-6-10-20-44(40)52(48(47)41-17-7-11-21-46(41)55-49)42-18-8-4-14-38(42)39-15-5-9-19-43(39)52/h1-31H. The summed E-state index contributed by atoms with van der Waals surface area (Å²) in [5.41, 5.74) is 19.1. The normalized spacial score (nSPS) is 13.2. The van der Waals surface area contributed by atoms with E-state index in [1.54, 1.807) is 0 Å². The first-order valence-corrected chi connectivity index (χ1v) is 18.9. The van der Waals surface area contributed by atoms with Crippen LogP contribution in [0, 0.1) is 0 Å². The predicted octanol–water partition coefficient (Wildman–Crippen LogP) is 12.7.